The highest BCUT2D eigenvalue weighted by Gasteiger charge is 2.19. The summed E-state index contributed by atoms with van der Waals surface area (Å²) in [5.41, 5.74) is -0.691. The van der Waals surface area contributed by atoms with Crippen molar-refractivity contribution in [3.8, 4) is 0 Å². The van der Waals surface area contributed by atoms with Gasteiger partial charge in [-0.05, 0) is 19.9 Å². The van der Waals surface area contributed by atoms with Crippen LogP contribution in [0.2, 0.25) is 0 Å². The van der Waals surface area contributed by atoms with E-state index in [4.69, 9.17) is 0 Å². The van der Waals surface area contributed by atoms with Gasteiger partial charge in [-0.3, -0.25) is 14.9 Å². The van der Waals surface area contributed by atoms with Crippen molar-refractivity contribution in [1.29, 1.82) is 0 Å². The molecular formula is C13H12FN3O3S. The molecule has 1 amide bonds. The second-order valence-corrected chi connectivity index (χ2v) is 5.69. The molecule has 0 aliphatic heterocycles. The molecule has 110 valence electrons. The molecule has 1 unspecified atom stereocenters. The highest BCUT2D eigenvalue weighted by Crippen LogP contribution is 2.21. The van der Waals surface area contributed by atoms with Crippen LogP contribution >= 0.6 is 11.3 Å². The van der Waals surface area contributed by atoms with Crippen molar-refractivity contribution in [1.82, 2.24) is 10.3 Å². The number of thiazole rings is 1. The summed E-state index contributed by atoms with van der Waals surface area (Å²) in [4.78, 5) is 27.2. The Morgan fingerprint density at radius 3 is 2.81 bits per heavy atom. The number of nitro benzene ring substituents is 1. The van der Waals surface area contributed by atoms with Crippen LogP contribution in [0, 0.1) is 22.9 Å². The Bertz CT molecular complexity index is 702. The first kappa shape index (κ1) is 15.0. The minimum absolute atomic E-state index is 0.334. The smallest absolute Gasteiger partial charge is 0.270 e. The summed E-state index contributed by atoms with van der Waals surface area (Å²) in [6, 6.07) is 2.44. The molecule has 0 fully saturated rings. The largest absolute Gasteiger partial charge is 0.343 e. The fraction of sp³-hybridized carbons (Fsp3) is 0.231. The molecule has 0 aliphatic rings. The number of aromatic nitrogens is 1. The molecule has 1 N–H and O–H groups in total. The lowest BCUT2D eigenvalue weighted by atomic mass is 10.1. The molecule has 2 aromatic rings. The van der Waals surface area contributed by atoms with Gasteiger partial charge in [0.05, 0.1) is 16.5 Å². The van der Waals surface area contributed by atoms with Crippen LogP contribution < -0.4 is 5.32 Å². The van der Waals surface area contributed by atoms with Gasteiger partial charge in [0.2, 0.25) is 0 Å². The summed E-state index contributed by atoms with van der Waals surface area (Å²) >= 11 is 1.42. The van der Waals surface area contributed by atoms with E-state index in [9.17, 15) is 19.3 Å². The zero-order chi connectivity index (χ0) is 15.6. The van der Waals surface area contributed by atoms with Crippen LogP contribution in [0.4, 0.5) is 10.1 Å². The van der Waals surface area contributed by atoms with Gasteiger partial charge in [0.25, 0.3) is 11.6 Å². The second-order valence-electron chi connectivity index (χ2n) is 4.43. The quantitative estimate of drug-likeness (QED) is 0.695. The van der Waals surface area contributed by atoms with E-state index in [1.165, 1.54) is 11.3 Å². The van der Waals surface area contributed by atoms with E-state index in [1.54, 1.807) is 13.1 Å². The molecule has 0 saturated heterocycles. The first-order valence-electron chi connectivity index (χ1n) is 6.05. The first-order chi connectivity index (χ1) is 9.88. The van der Waals surface area contributed by atoms with Crippen molar-refractivity contribution < 1.29 is 14.1 Å². The van der Waals surface area contributed by atoms with Gasteiger partial charge in [-0.25, -0.2) is 9.37 Å². The van der Waals surface area contributed by atoms with Crippen LogP contribution in [0.25, 0.3) is 0 Å². The third-order valence-corrected chi connectivity index (χ3v) is 3.86. The average molecular weight is 309 g/mol. The maximum atomic E-state index is 13.6. The highest BCUT2D eigenvalue weighted by molar-refractivity contribution is 7.11. The van der Waals surface area contributed by atoms with Gasteiger partial charge in [-0.1, -0.05) is 0 Å². The number of rotatable bonds is 4. The van der Waals surface area contributed by atoms with E-state index >= 15 is 0 Å². The van der Waals surface area contributed by atoms with Gasteiger partial charge in [0, 0.05) is 23.2 Å². The molecule has 8 heteroatoms. The summed E-state index contributed by atoms with van der Waals surface area (Å²) in [5, 5.41) is 13.9. The first-order valence-corrected chi connectivity index (χ1v) is 6.87. The predicted molar refractivity (Wildman–Crippen MR) is 75.8 cm³/mol. The molecule has 0 aliphatic carbocycles. The molecule has 0 radical (unpaired) electrons. The molecule has 1 aromatic carbocycles. The SMILES string of the molecule is Cc1cnc(C(C)NC(=O)c2cc([N+](=O)[O-])ccc2F)s1. The van der Waals surface area contributed by atoms with Crippen LogP contribution in [0.15, 0.2) is 24.4 Å². The van der Waals surface area contributed by atoms with Gasteiger partial charge < -0.3 is 5.32 Å². The Morgan fingerprint density at radius 2 is 2.24 bits per heavy atom. The zero-order valence-electron chi connectivity index (χ0n) is 11.3. The number of carbonyl (C=O) groups is 1. The normalized spacial score (nSPS) is 12.0. The molecule has 1 atom stereocenters. The Morgan fingerprint density at radius 1 is 1.52 bits per heavy atom. The van der Waals surface area contributed by atoms with E-state index in [-0.39, 0.29) is 11.3 Å². The molecule has 0 spiro atoms. The zero-order valence-corrected chi connectivity index (χ0v) is 12.1. The summed E-state index contributed by atoms with van der Waals surface area (Å²) in [6.45, 7) is 3.60. The van der Waals surface area contributed by atoms with Gasteiger partial charge in [0.15, 0.2) is 0 Å². The standard InChI is InChI=1S/C13H12FN3O3S/c1-7-6-15-13(21-7)8(2)16-12(18)10-5-9(17(19)20)3-4-11(10)14/h3-6,8H,1-2H3,(H,16,18). The molecule has 1 aromatic heterocycles. The van der Waals surface area contributed by atoms with Crippen LogP contribution in [-0.4, -0.2) is 15.8 Å². The van der Waals surface area contributed by atoms with Crippen molar-refractivity contribution in [2.75, 3.05) is 0 Å². The number of non-ortho nitro benzene ring substituents is 1. The molecule has 1 heterocycles. The maximum absolute atomic E-state index is 13.6. The third kappa shape index (κ3) is 3.40. The lowest BCUT2D eigenvalue weighted by Gasteiger charge is -2.11. The lowest BCUT2D eigenvalue weighted by molar-refractivity contribution is -0.384. The van der Waals surface area contributed by atoms with Crippen LogP contribution in [0.5, 0.6) is 0 Å². The Hall–Kier alpha value is -2.35. The van der Waals surface area contributed by atoms with Gasteiger partial charge in [0.1, 0.15) is 10.8 Å². The Labute approximate surface area is 123 Å². The van der Waals surface area contributed by atoms with E-state index in [1.807, 2.05) is 6.92 Å². The Balaban J connectivity index is 2.20. The Kier molecular flexibility index (Phi) is 4.27. The fourth-order valence-corrected chi connectivity index (χ4v) is 2.49. The van der Waals surface area contributed by atoms with Crippen molar-refractivity contribution in [2.24, 2.45) is 0 Å². The summed E-state index contributed by atoms with van der Waals surface area (Å²) in [6.07, 6.45) is 1.68. The molecule has 0 bridgehead atoms. The van der Waals surface area contributed by atoms with Crippen LogP contribution in [-0.2, 0) is 0 Å². The summed E-state index contributed by atoms with van der Waals surface area (Å²) in [5.74, 6) is -1.52. The van der Waals surface area contributed by atoms with Crippen molar-refractivity contribution in [2.45, 2.75) is 19.9 Å². The summed E-state index contributed by atoms with van der Waals surface area (Å²) < 4.78 is 13.6. The van der Waals surface area contributed by atoms with Gasteiger partial charge in [-0.2, -0.15) is 0 Å². The molecule has 0 saturated carbocycles. The number of nitrogens with one attached hydrogen (secondary N) is 1. The third-order valence-electron chi connectivity index (χ3n) is 2.76. The fourth-order valence-electron chi connectivity index (χ4n) is 1.71. The maximum Gasteiger partial charge on any atom is 0.270 e. The number of nitro groups is 1. The van der Waals surface area contributed by atoms with Crippen molar-refractivity contribution >= 4 is 22.9 Å². The number of aryl methyl sites for hydroxylation is 1. The van der Waals surface area contributed by atoms with E-state index in [0.29, 0.717) is 5.01 Å². The highest BCUT2D eigenvalue weighted by atomic mass is 32.1. The van der Waals surface area contributed by atoms with Crippen molar-refractivity contribution in [3.63, 3.8) is 0 Å². The van der Waals surface area contributed by atoms with Crippen LogP contribution in [0.1, 0.15) is 33.2 Å². The predicted octanol–water partition coefficient (Wildman–Crippen LogP) is 2.99. The molecule has 2 rings (SSSR count). The van der Waals surface area contributed by atoms with Crippen LogP contribution in [0.3, 0.4) is 0 Å². The monoisotopic (exact) mass is 309 g/mol. The number of benzene rings is 1. The molecule has 21 heavy (non-hydrogen) atoms. The minimum atomic E-state index is -0.805. The van der Waals surface area contributed by atoms with E-state index in [2.05, 4.69) is 10.3 Å². The number of nitrogens with zero attached hydrogens (tertiary/aromatic N) is 2. The number of carbonyl (C=O) groups excluding carboxylic acids is 1. The lowest BCUT2D eigenvalue weighted by Crippen LogP contribution is -2.27. The average Bonchev–Trinajstić information content (AvgIpc) is 2.85. The van der Waals surface area contributed by atoms with Gasteiger partial charge in [-0.15, -0.1) is 11.3 Å². The molecule has 6 nitrogen and oxygen atoms in total. The molecular weight excluding hydrogens is 297 g/mol. The number of halogens is 1. The van der Waals surface area contributed by atoms with E-state index in [0.717, 1.165) is 23.1 Å². The number of hydrogen-bond acceptors (Lipinski definition) is 5. The number of hydrogen-bond donors (Lipinski definition) is 1. The minimum Gasteiger partial charge on any atom is -0.343 e. The van der Waals surface area contributed by atoms with Crippen molar-refractivity contribution in [3.05, 3.63) is 55.8 Å². The number of amides is 1. The van der Waals surface area contributed by atoms with E-state index < -0.39 is 22.7 Å². The van der Waals surface area contributed by atoms with Gasteiger partial charge >= 0.3 is 0 Å². The topological polar surface area (TPSA) is 85.1 Å². The second kappa shape index (κ2) is 5.96. The summed E-state index contributed by atoms with van der Waals surface area (Å²) in [7, 11) is 0.